The van der Waals surface area contributed by atoms with Crippen LogP contribution in [0.5, 0.6) is 5.75 Å². The molecule has 4 rings (SSSR count). The van der Waals surface area contributed by atoms with E-state index in [1.54, 1.807) is 25.3 Å². The van der Waals surface area contributed by atoms with Crippen molar-refractivity contribution in [3.63, 3.8) is 0 Å². The number of benzene rings is 2. The lowest BCUT2D eigenvalue weighted by molar-refractivity contribution is -0.128. The van der Waals surface area contributed by atoms with Crippen LogP contribution in [0.3, 0.4) is 0 Å². The van der Waals surface area contributed by atoms with Crippen LogP contribution in [0.1, 0.15) is 56.0 Å². The molecule has 0 unspecified atom stereocenters. The van der Waals surface area contributed by atoms with E-state index in [1.807, 2.05) is 29.2 Å². The van der Waals surface area contributed by atoms with Crippen molar-refractivity contribution in [1.29, 1.82) is 0 Å². The van der Waals surface area contributed by atoms with Crippen molar-refractivity contribution in [3.8, 4) is 5.75 Å². The standard InChI is InChI=1S/C27H30Cl2N2O3/c1-26(2)13-19-14-27(3,15-26)16-31(19)25(33)23(11-17-5-8-20(34-4)9-6-17)30-24(32)21-10-7-18(28)12-22(21)29/h5-12,19H,13-16H2,1-4H3,(H,30,32)/b23-11+/t19-,27-/m0/s1. The normalized spacial score (nSPS) is 23.5. The van der Waals surface area contributed by atoms with Crippen LogP contribution in [-0.2, 0) is 4.79 Å². The zero-order valence-corrected chi connectivity index (χ0v) is 21.5. The summed E-state index contributed by atoms with van der Waals surface area (Å²) in [5.41, 5.74) is 1.51. The molecule has 2 amide bonds. The molecule has 1 aliphatic heterocycles. The summed E-state index contributed by atoms with van der Waals surface area (Å²) in [4.78, 5) is 28.9. The van der Waals surface area contributed by atoms with Crippen molar-refractivity contribution in [1.82, 2.24) is 10.2 Å². The van der Waals surface area contributed by atoms with Crippen LogP contribution >= 0.6 is 23.2 Å². The molecule has 2 aliphatic rings. The predicted molar refractivity (Wildman–Crippen MR) is 136 cm³/mol. The summed E-state index contributed by atoms with van der Waals surface area (Å²) in [7, 11) is 1.60. The molecule has 1 N–H and O–H groups in total. The zero-order valence-electron chi connectivity index (χ0n) is 20.0. The number of hydrogen-bond acceptors (Lipinski definition) is 3. The number of ether oxygens (including phenoxy) is 1. The predicted octanol–water partition coefficient (Wildman–Crippen LogP) is 6.20. The van der Waals surface area contributed by atoms with E-state index in [1.165, 1.54) is 6.07 Å². The van der Waals surface area contributed by atoms with Gasteiger partial charge in [0.1, 0.15) is 11.4 Å². The topological polar surface area (TPSA) is 58.6 Å². The highest BCUT2D eigenvalue weighted by molar-refractivity contribution is 6.36. The molecule has 2 aromatic rings. The molecule has 2 bridgehead atoms. The molecule has 2 aromatic carbocycles. The number of likely N-dealkylation sites (tertiary alicyclic amines) is 1. The fraction of sp³-hybridized carbons (Fsp3) is 0.407. The third kappa shape index (κ3) is 5.26. The molecule has 5 nitrogen and oxygen atoms in total. The number of amides is 2. The van der Waals surface area contributed by atoms with Gasteiger partial charge in [-0.15, -0.1) is 0 Å². The quantitative estimate of drug-likeness (QED) is 0.497. The van der Waals surface area contributed by atoms with Gasteiger partial charge in [-0.2, -0.15) is 0 Å². The Kier molecular flexibility index (Phi) is 6.71. The van der Waals surface area contributed by atoms with Crippen molar-refractivity contribution < 1.29 is 14.3 Å². The van der Waals surface area contributed by atoms with E-state index in [2.05, 4.69) is 26.1 Å². The minimum absolute atomic E-state index is 0.0802. The zero-order chi connectivity index (χ0) is 24.7. The number of hydrogen-bond donors (Lipinski definition) is 1. The third-order valence-electron chi connectivity index (χ3n) is 6.76. The number of carbonyl (C=O) groups excluding carboxylic acids is 2. The number of halogens is 2. The minimum atomic E-state index is -0.455. The highest BCUT2D eigenvalue weighted by Gasteiger charge is 2.51. The first-order valence-electron chi connectivity index (χ1n) is 11.4. The molecule has 1 saturated heterocycles. The minimum Gasteiger partial charge on any atom is -0.497 e. The Labute approximate surface area is 211 Å². The summed E-state index contributed by atoms with van der Waals surface area (Å²) in [5.74, 6) is 0.0784. The van der Waals surface area contributed by atoms with Crippen LogP contribution in [0.15, 0.2) is 48.2 Å². The number of nitrogens with one attached hydrogen (secondary N) is 1. The van der Waals surface area contributed by atoms with E-state index >= 15 is 0 Å². The molecule has 34 heavy (non-hydrogen) atoms. The molecule has 0 aromatic heterocycles. The highest BCUT2D eigenvalue weighted by Crippen LogP contribution is 2.52. The molecule has 1 saturated carbocycles. The van der Waals surface area contributed by atoms with Crippen LogP contribution in [-0.4, -0.2) is 36.4 Å². The summed E-state index contributed by atoms with van der Waals surface area (Å²) in [6.07, 6.45) is 4.71. The Morgan fingerprint density at radius 2 is 1.79 bits per heavy atom. The van der Waals surface area contributed by atoms with E-state index in [0.717, 1.165) is 24.8 Å². The summed E-state index contributed by atoms with van der Waals surface area (Å²) in [5, 5.41) is 3.50. The molecule has 7 heteroatoms. The number of rotatable bonds is 5. The van der Waals surface area contributed by atoms with Crippen LogP contribution in [0.2, 0.25) is 10.0 Å². The first-order chi connectivity index (χ1) is 16.0. The largest absolute Gasteiger partial charge is 0.497 e. The maximum absolute atomic E-state index is 13.8. The number of methoxy groups -OCH3 is 1. The van der Waals surface area contributed by atoms with E-state index < -0.39 is 5.91 Å². The molecule has 2 fully saturated rings. The average Bonchev–Trinajstić information content (AvgIpc) is 3.01. The Bertz CT molecular complexity index is 1140. The lowest BCUT2D eigenvalue weighted by Gasteiger charge is -2.39. The molecule has 1 heterocycles. The SMILES string of the molecule is COc1ccc(/C=C(/NC(=O)c2ccc(Cl)cc2Cl)C(=O)N2C[C@@]3(C)C[C@@H]2CC(C)(C)C3)cc1. The molecule has 0 radical (unpaired) electrons. The van der Waals surface area contributed by atoms with Crippen molar-refractivity contribution in [2.24, 2.45) is 10.8 Å². The number of fused-ring (bicyclic) bond motifs is 2. The van der Waals surface area contributed by atoms with Gasteiger partial charge in [0.05, 0.1) is 17.7 Å². The van der Waals surface area contributed by atoms with E-state index in [9.17, 15) is 9.59 Å². The van der Waals surface area contributed by atoms with Crippen molar-refractivity contribution >= 4 is 41.1 Å². The smallest absolute Gasteiger partial charge is 0.270 e. The molecule has 2 atom stereocenters. The van der Waals surface area contributed by atoms with Crippen molar-refractivity contribution in [2.75, 3.05) is 13.7 Å². The van der Waals surface area contributed by atoms with Crippen LogP contribution < -0.4 is 10.1 Å². The van der Waals surface area contributed by atoms with Crippen LogP contribution in [0, 0.1) is 10.8 Å². The Balaban J connectivity index is 1.66. The van der Waals surface area contributed by atoms with Crippen molar-refractivity contribution in [3.05, 3.63) is 69.3 Å². The Hall–Kier alpha value is -2.50. The first-order valence-corrected chi connectivity index (χ1v) is 12.2. The monoisotopic (exact) mass is 500 g/mol. The van der Waals surface area contributed by atoms with Crippen LogP contribution in [0.4, 0.5) is 0 Å². The van der Waals surface area contributed by atoms with Crippen molar-refractivity contribution in [2.45, 2.75) is 46.1 Å². The second-order valence-corrected chi connectivity index (χ2v) is 11.4. The van der Waals surface area contributed by atoms with Crippen LogP contribution in [0.25, 0.3) is 6.08 Å². The summed E-state index contributed by atoms with van der Waals surface area (Å²) >= 11 is 12.2. The maximum Gasteiger partial charge on any atom is 0.270 e. The third-order valence-corrected chi connectivity index (χ3v) is 7.30. The summed E-state index contributed by atoms with van der Waals surface area (Å²) in [6.45, 7) is 7.47. The van der Waals surface area contributed by atoms with Gasteiger partial charge < -0.3 is 15.0 Å². The Morgan fingerprint density at radius 1 is 1.09 bits per heavy atom. The molecular weight excluding hydrogens is 471 g/mol. The van der Waals surface area contributed by atoms with Gasteiger partial charge in [-0.1, -0.05) is 56.1 Å². The van der Waals surface area contributed by atoms with E-state index in [4.69, 9.17) is 27.9 Å². The van der Waals surface area contributed by atoms with E-state index in [0.29, 0.717) is 17.3 Å². The lowest BCUT2D eigenvalue weighted by Crippen LogP contribution is -2.42. The lowest BCUT2D eigenvalue weighted by atomic mass is 9.65. The van der Waals surface area contributed by atoms with Gasteiger partial charge in [-0.05, 0) is 72.1 Å². The van der Waals surface area contributed by atoms with Gasteiger partial charge in [0.15, 0.2) is 0 Å². The van der Waals surface area contributed by atoms with Gasteiger partial charge >= 0.3 is 0 Å². The second kappa shape index (κ2) is 9.27. The average molecular weight is 501 g/mol. The summed E-state index contributed by atoms with van der Waals surface area (Å²) in [6, 6.07) is 12.2. The maximum atomic E-state index is 13.8. The fourth-order valence-electron chi connectivity index (χ4n) is 5.73. The van der Waals surface area contributed by atoms with Gasteiger partial charge in [0.25, 0.3) is 11.8 Å². The van der Waals surface area contributed by atoms with Gasteiger partial charge in [0.2, 0.25) is 0 Å². The van der Waals surface area contributed by atoms with Gasteiger partial charge in [0, 0.05) is 17.6 Å². The van der Waals surface area contributed by atoms with Gasteiger partial charge in [-0.25, -0.2) is 0 Å². The van der Waals surface area contributed by atoms with E-state index in [-0.39, 0.29) is 39.1 Å². The fourth-order valence-corrected chi connectivity index (χ4v) is 6.23. The summed E-state index contributed by atoms with van der Waals surface area (Å²) < 4.78 is 5.23. The Morgan fingerprint density at radius 3 is 2.44 bits per heavy atom. The second-order valence-electron chi connectivity index (χ2n) is 10.6. The first kappa shape index (κ1) is 24.6. The highest BCUT2D eigenvalue weighted by atomic mass is 35.5. The number of carbonyl (C=O) groups is 2. The molecule has 1 aliphatic carbocycles. The molecule has 0 spiro atoms. The molecular formula is C27H30Cl2N2O3. The van der Waals surface area contributed by atoms with Gasteiger partial charge in [-0.3, -0.25) is 9.59 Å². The molecule has 180 valence electrons. The number of nitrogens with zero attached hydrogens (tertiary/aromatic N) is 1.